The van der Waals surface area contributed by atoms with Gasteiger partial charge in [-0.2, -0.15) is 0 Å². The first kappa shape index (κ1) is 20.4. The van der Waals surface area contributed by atoms with Crippen LogP contribution in [0, 0.1) is 0 Å². The first-order valence-electron chi connectivity index (χ1n) is 9.17. The number of piperazine rings is 1. The fraction of sp³-hybridized carbons (Fsp3) is 0.238. The fourth-order valence-electron chi connectivity index (χ4n) is 3.57. The van der Waals surface area contributed by atoms with Crippen molar-refractivity contribution in [2.75, 3.05) is 31.1 Å². The van der Waals surface area contributed by atoms with Crippen LogP contribution in [0.5, 0.6) is 0 Å². The van der Waals surface area contributed by atoms with Crippen LogP contribution in [0.25, 0.3) is 22.0 Å². The monoisotopic (exact) mass is 448 g/mol. The molecular weight excluding hydrogens is 431 g/mol. The summed E-state index contributed by atoms with van der Waals surface area (Å²) in [4.78, 5) is 13.1. The Kier molecular flexibility index (Phi) is 5.95. The van der Waals surface area contributed by atoms with Crippen molar-refractivity contribution >= 4 is 51.5 Å². The van der Waals surface area contributed by atoms with E-state index in [1.165, 1.54) is 6.08 Å². The van der Waals surface area contributed by atoms with Gasteiger partial charge in [0.2, 0.25) is 0 Å². The maximum absolute atomic E-state index is 9.95. The normalized spacial score (nSPS) is 16.2. The standard InChI is InChI=1S/C21H19Cl3N4O/c1-2-20(29)27-5-7-28(8-6-27)21-16-10-18(24)15(11-19(16)25-12-26-21)14-9-13(22)3-4-17(14)23/h2-4,9-12,20,29H,1,5-8H2. The van der Waals surface area contributed by atoms with Gasteiger partial charge in [-0.05, 0) is 36.4 Å². The Balaban J connectivity index is 1.71. The Morgan fingerprint density at radius 3 is 2.41 bits per heavy atom. The topological polar surface area (TPSA) is 52.5 Å². The van der Waals surface area contributed by atoms with E-state index in [0.717, 1.165) is 40.9 Å². The largest absolute Gasteiger partial charge is 0.375 e. The van der Waals surface area contributed by atoms with Gasteiger partial charge in [0.25, 0.3) is 0 Å². The first-order chi connectivity index (χ1) is 14.0. The lowest BCUT2D eigenvalue weighted by atomic mass is 10.0. The quantitative estimate of drug-likeness (QED) is 0.575. The summed E-state index contributed by atoms with van der Waals surface area (Å²) in [7, 11) is 0. The Morgan fingerprint density at radius 1 is 0.966 bits per heavy atom. The van der Waals surface area contributed by atoms with Crippen LogP contribution in [0.4, 0.5) is 5.82 Å². The molecule has 29 heavy (non-hydrogen) atoms. The highest BCUT2D eigenvalue weighted by atomic mass is 35.5. The number of aliphatic hydroxyl groups excluding tert-OH is 1. The van der Waals surface area contributed by atoms with E-state index < -0.39 is 6.23 Å². The summed E-state index contributed by atoms with van der Waals surface area (Å²) in [6.45, 7) is 6.54. The molecule has 0 radical (unpaired) electrons. The molecule has 150 valence electrons. The second kappa shape index (κ2) is 8.46. The number of benzene rings is 2. The minimum Gasteiger partial charge on any atom is -0.375 e. The number of anilines is 1. The molecule has 1 aromatic heterocycles. The highest BCUT2D eigenvalue weighted by Gasteiger charge is 2.23. The lowest BCUT2D eigenvalue weighted by Crippen LogP contribution is -2.50. The minimum absolute atomic E-state index is 0.554. The lowest BCUT2D eigenvalue weighted by molar-refractivity contribution is 0.0380. The second-order valence-electron chi connectivity index (χ2n) is 6.84. The summed E-state index contributed by atoms with van der Waals surface area (Å²) in [5.74, 6) is 0.827. The van der Waals surface area contributed by atoms with E-state index in [4.69, 9.17) is 34.8 Å². The number of aromatic nitrogens is 2. The Bertz CT molecular complexity index is 1070. The smallest absolute Gasteiger partial charge is 0.140 e. The molecule has 1 aliphatic rings. The Labute approximate surface area is 184 Å². The summed E-state index contributed by atoms with van der Waals surface area (Å²) in [5.41, 5.74) is 2.31. The van der Waals surface area contributed by atoms with Crippen molar-refractivity contribution in [3.05, 3.63) is 64.4 Å². The number of halogens is 3. The molecular formula is C21H19Cl3N4O. The van der Waals surface area contributed by atoms with E-state index >= 15 is 0 Å². The molecule has 2 aromatic carbocycles. The van der Waals surface area contributed by atoms with Crippen LogP contribution < -0.4 is 4.90 Å². The second-order valence-corrected chi connectivity index (χ2v) is 8.09. The molecule has 1 N–H and O–H groups in total. The van der Waals surface area contributed by atoms with Gasteiger partial charge < -0.3 is 10.0 Å². The summed E-state index contributed by atoms with van der Waals surface area (Å²) < 4.78 is 0. The van der Waals surface area contributed by atoms with Gasteiger partial charge in [0, 0.05) is 57.8 Å². The third-order valence-electron chi connectivity index (χ3n) is 5.12. The predicted molar refractivity (Wildman–Crippen MR) is 120 cm³/mol. The van der Waals surface area contributed by atoms with E-state index in [9.17, 15) is 5.11 Å². The van der Waals surface area contributed by atoms with Crippen molar-refractivity contribution < 1.29 is 5.11 Å². The molecule has 0 spiro atoms. The number of hydrogen-bond acceptors (Lipinski definition) is 5. The molecule has 0 amide bonds. The molecule has 1 fully saturated rings. The molecule has 0 aliphatic carbocycles. The van der Waals surface area contributed by atoms with Crippen LogP contribution in [0.3, 0.4) is 0 Å². The van der Waals surface area contributed by atoms with Crippen LogP contribution in [0.1, 0.15) is 0 Å². The number of nitrogens with zero attached hydrogens (tertiary/aromatic N) is 4. The zero-order chi connectivity index (χ0) is 20.5. The molecule has 3 aromatic rings. The van der Waals surface area contributed by atoms with Gasteiger partial charge in [-0.25, -0.2) is 9.97 Å². The maximum Gasteiger partial charge on any atom is 0.140 e. The van der Waals surface area contributed by atoms with E-state index in [1.54, 1.807) is 24.5 Å². The van der Waals surface area contributed by atoms with E-state index in [0.29, 0.717) is 28.2 Å². The van der Waals surface area contributed by atoms with Crippen LogP contribution in [0.2, 0.25) is 15.1 Å². The maximum atomic E-state index is 9.95. The number of fused-ring (bicyclic) bond motifs is 1. The molecule has 8 heteroatoms. The van der Waals surface area contributed by atoms with Crippen molar-refractivity contribution in [1.29, 1.82) is 0 Å². The average Bonchev–Trinajstić information content (AvgIpc) is 2.74. The Hall–Kier alpha value is -1.89. The SMILES string of the molecule is C=CC(O)N1CCN(c2ncnc3cc(-c4cc(Cl)ccc4Cl)c(Cl)cc23)CC1. The molecule has 1 atom stereocenters. The van der Waals surface area contributed by atoms with Crippen molar-refractivity contribution in [1.82, 2.24) is 14.9 Å². The fourth-order valence-corrected chi connectivity index (χ4v) is 4.23. The van der Waals surface area contributed by atoms with Crippen LogP contribution in [-0.4, -0.2) is 52.4 Å². The highest BCUT2D eigenvalue weighted by molar-refractivity contribution is 6.38. The average molecular weight is 450 g/mol. The van der Waals surface area contributed by atoms with Crippen molar-refractivity contribution in [2.45, 2.75) is 6.23 Å². The summed E-state index contributed by atoms with van der Waals surface area (Å²) >= 11 is 19.1. The van der Waals surface area contributed by atoms with Gasteiger partial charge in [-0.1, -0.05) is 41.4 Å². The van der Waals surface area contributed by atoms with E-state index in [-0.39, 0.29) is 0 Å². The first-order valence-corrected chi connectivity index (χ1v) is 10.3. The minimum atomic E-state index is -0.626. The highest BCUT2D eigenvalue weighted by Crippen LogP contribution is 2.38. The van der Waals surface area contributed by atoms with Crippen molar-refractivity contribution in [3.63, 3.8) is 0 Å². The predicted octanol–water partition coefficient (Wildman–Crippen LogP) is 4.88. The molecule has 1 unspecified atom stereocenters. The number of rotatable bonds is 4. The third-order valence-corrected chi connectivity index (χ3v) is 6.00. The molecule has 5 nitrogen and oxygen atoms in total. The summed E-state index contributed by atoms with van der Waals surface area (Å²) in [6, 6.07) is 9.08. The van der Waals surface area contributed by atoms with Gasteiger partial charge in [0.05, 0.1) is 5.52 Å². The van der Waals surface area contributed by atoms with Gasteiger partial charge in [0.15, 0.2) is 0 Å². The van der Waals surface area contributed by atoms with Crippen molar-refractivity contribution in [2.24, 2.45) is 0 Å². The third kappa shape index (κ3) is 4.06. The van der Waals surface area contributed by atoms with E-state index in [1.807, 2.05) is 17.0 Å². The molecule has 0 saturated carbocycles. The number of hydrogen-bond donors (Lipinski definition) is 1. The van der Waals surface area contributed by atoms with Gasteiger partial charge in [-0.15, -0.1) is 0 Å². The van der Waals surface area contributed by atoms with Crippen LogP contribution in [0.15, 0.2) is 49.3 Å². The zero-order valence-electron chi connectivity index (χ0n) is 15.5. The van der Waals surface area contributed by atoms with Gasteiger partial charge in [-0.3, -0.25) is 4.90 Å². The molecule has 2 heterocycles. The van der Waals surface area contributed by atoms with E-state index in [2.05, 4.69) is 21.4 Å². The van der Waals surface area contributed by atoms with Crippen LogP contribution >= 0.6 is 34.8 Å². The molecule has 1 saturated heterocycles. The van der Waals surface area contributed by atoms with Crippen LogP contribution in [-0.2, 0) is 0 Å². The molecule has 4 rings (SSSR count). The van der Waals surface area contributed by atoms with Gasteiger partial charge >= 0.3 is 0 Å². The summed E-state index contributed by atoms with van der Waals surface area (Å²) in [6.07, 6.45) is 2.47. The lowest BCUT2D eigenvalue weighted by Gasteiger charge is -2.37. The molecule has 1 aliphatic heterocycles. The molecule has 0 bridgehead atoms. The Morgan fingerprint density at radius 2 is 1.69 bits per heavy atom. The summed E-state index contributed by atoms with van der Waals surface area (Å²) in [5, 5.41) is 12.5. The van der Waals surface area contributed by atoms with Gasteiger partial charge in [0.1, 0.15) is 18.4 Å². The van der Waals surface area contributed by atoms with Crippen molar-refractivity contribution in [3.8, 4) is 11.1 Å². The number of aliphatic hydroxyl groups is 1. The zero-order valence-corrected chi connectivity index (χ0v) is 17.8.